The van der Waals surface area contributed by atoms with E-state index in [-0.39, 0.29) is 15.7 Å². The van der Waals surface area contributed by atoms with Crippen LogP contribution in [-0.2, 0) is 0 Å². The van der Waals surface area contributed by atoms with Gasteiger partial charge >= 0.3 is 0 Å². The molecule has 0 aliphatic carbocycles. The van der Waals surface area contributed by atoms with E-state index < -0.39 is 4.92 Å². The van der Waals surface area contributed by atoms with Crippen LogP contribution in [0.15, 0.2) is 12.1 Å². The Bertz CT molecular complexity index is 368. The molecule has 14 heavy (non-hydrogen) atoms. The average molecular weight is 236 g/mol. The largest absolute Gasteiger partial charge is 0.492 e. The number of hydrogen-bond donors (Lipinski definition) is 0. The van der Waals surface area contributed by atoms with Crippen LogP contribution >= 0.6 is 23.2 Å². The molecule has 0 unspecified atom stereocenters. The number of nitro benzene ring substituents is 1. The highest BCUT2D eigenvalue weighted by Crippen LogP contribution is 2.35. The number of rotatable bonds is 3. The van der Waals surface area contributed by atoms with Crippen LogP contribution in [0.3, 0.4) is 0 Å². The molecule has 0 saturated heterocycles. The van der Waals surface area contributed by atoms with Crippen molar-refractivity contribution in [3.05, 3.63) is 32.3 Å². The summed E-state index contributed by atoms with van der Waals surface area (Å²) in [7, 11) is 0. The van der Waals surface area contributed by atoms with E-state index in [2.05, 4.69) is 0 Å². The molecule has 0 aliphatic rings. The van der Waals surface area contributed by atoms with Gasteiger partial charge in [0.05, 0.1) is 16.6 Å². The van der Waals surface area contributed by atoms with Gasteiger partial charge in [0.25, 0.3) is 5.69 Å². The van der Waals surface area contributed by atoms with Crippen molar-refractivity contribution in [1.29, 1.82) is 0 Å². The molecule has 4 nitrogen and oxygen atoms in total. The summed E-state index contributed by atoms with van der Waals surface area (Å²) in [6, 6.07) is 2.51. The SMILES string of the molecule is CCOc1cc(Cl)c([N+](=O)[O-])cc1Cl. The first-order valence-electron chi connectivity index (χ1n) is 3.82. The molecule has 0 aromatic heterocycles. The molecule has 76 valence electrons. The van der Waals surface area contributed by atoms with E-state index in [0.29, 0.717) is 12.4 Å². The molecule has 0 aliphatic heterocycles. The first-order valence-corrected chi connectivity index (χ1v) is 4.58. The van der Waals surface area contributed by atoms with Gasteiger partial charge in [-0.3, -0.25) is 10.1 Å². The molecule has 0 heterocycles. The number of ether oxygens (including phenoxy) is 1. The number of hydrogen-bond acceptors (Lipinski definition) is 3. The minimum Gasteiger partial charge on any atom is -0.492 e. The van der Waals surface area contributed by atoms with Crippen LogP contribution in [-0.4, -0.2) is 11.5 Å². The Morgan fingerprint density at radius 3 is 2.57 bits per heavy atom. The Morgan fingerprint density at radius 1 is 1.43 bits per heavy atom. The summed E-state index contributed by atoms with van der Waals surface area (Å²) in [6.45, 7) is 2.21. The topological polar surface area (TPSA) is 52.4 Å². The molecule has 0 atom stereocenters. The van der Waals surface area contributed by atoms with Crippen molar-refractivity contribution >= 4 is 28.9 Å². The van der Waals surface area contributed by atoms with Gasteiger partial charge in [0.15, 0.2) is 0 Å². The molecular formula is C8H7Cl2NO3. The molecule has 0 radical (unpaired) electrons. The molecule has 6 heteroatoms. The van der Waals surface area contributed by atoms with E-state index in [1.807, 2.05) is 0 Å². The van der Waals surface area contributed by atoms with Gasteiger partial charge in [-0.1, -0.05) is 23.2 Å². The highest BCUT2D eigenvalue weighted by molar-refractivity contribution is 6.35. The zero-order valence-corrected chi connectivity index (χ0v) is 8.80. The van der Waals surface area contributed by atoms with Crippen LogP contribution in [0, 0.1) is 10.1 Å². The summed E-state index contributed by atoms with van der Waals surface area (Å²) < 4.78 is 5.11. The predicted octanol–water partition coefficient (Wildman–Crippen LogP) is 3.30. The maximum Gasteiger partial charge on any atom is 0.289 e. The Balaban J connectivity index is 3.17. The number of benzene rings is 1. The number of halogens is 2. The summed E-state index contributed by atoms with van der Waals surface area (Å²) in [5.74, 6) is 0.352. The fourth-order valence-corrected chi connectivity index (χ4v) is 1.36. The van der Waals surface area contributed by atoms with E-state index in [9.17, 15) is 10.1 Å². The normalized spacial score (nSPS) is 9.93. The van der Waals surface area contributed by atoms with Gasteiger partial charge in [0.2, 0.25) is 0 Å². The first-order chi connectivity index (χ1) is 6.56. The van der Waals surface area contributed by atoms with Crippen molar-refractivity contribution in [2.45, 2.75) is 6.92 Å². The average Bonchev–Trinajstić information content (AvgIpc) is 2.10. The highest BCUT2D eigenvalue weighted by atomic mass is 35.5. The predicted molar refractivity (Wildman–Crippen MR) is 54.3 cm³/mol. The van der Waals surface area contributed by atoms with Crippen molar-refractivity contribution in [3.8, 4) is 5.75 Å². The Kier molecular flexibility index (Phi) is 3.55. The van der Waals surface area contributed by atoms with E-state index in [1.165, 1.54) is 12.1 Å². The molecule has 1 aromatic carbocycles. The zero-order valence-electron chi connectivity index (χ0n) is 7.29. The van der Waals surface area contributed by atoms with Crippen LogP contribution in [0.25, 0.3) is 0 Å². The van der Waals surface area contributed by atoms with Crippen LogP contribution < -0.4 is 4.74 Å². The van der Waals surface area contributed by atoms with Gasteiger partial charge in [-0.15, -0.1) is 0 Å². The molecule has 1 rings (SSSR count). The second kappa shape index (κ2) is 4.48. The second-order valence-corrected chi connectivity index (χ2v) is 3.24. The lowest BCUT2D eigenvalue weighted by Crippen LogP contribution is -1.94. The molecular weight excluding hydrogens is 229 g/mol. The van der Waals surface area contributed by atoms with E-state index in [1.54, 1.807) is 6.92 Å². The third-order valence-corrected chi connectivity index (χ3v) is 2.10. The molecule has 0 amide bonds. The van der Waals surface area contributed by atoms with Crippen molar-refractivity contribution < 1.29 is 9.66 Å². The van der Waals surface area contributed by atoms with Crippen LogP contribution in [0.5, 0.6) is 5.75 Å². The van der Waals surface area contributed by atoms with Crippen molar-refractivity contribution in [2.24, 2.45) is 0 Å². The fraction of sp³-hybridized carbons (Fsp3) is 0.250. The van der Waals surface area contributed by atoms with Gasteiger partial charge in [-0.05, 0) is 6.92 Å². The second-order valence-electron chi connectivity index (χ2n) is 2.42. The molecule has 0 fully saturated rings. The van der Waals surface area contributed by atoms with E-state index in [4.69, 9.17) is 27.9 Å². The lowest BCUT2D eigenvalue weighted by Gasteiger charge is -2.05. The smallest absolute Gasteiger partial charge is 0.289 e. The maximum absolute atomic E-state index is 10.5. The van der Waals surface area contributed by atoms with E-state index in [0.717, 1.165) is 0 Å². The standard InChI is InChI=1S/C8H7Cl2NO3/c1-2-14-8-4-5(9)7(11(12)13)3-6(8)10/h3-4H,2H2,1H3. The molecule has 0 bridgehead atoms. The van der Waals surface area contributed by atoms with Crippen LogP contribution in [0.1, 0.15) is 6.92 Å². The summed E-state index contributed by atoms with van der Waals surface area (Å²) in [6.07, 6.45) is 0. The van der Waals surface area contributed by atoms with Crippen molar-refractivity contribution in [3.63, 3.8) is 0 Å². The third kappa shape index (κ3) is 2.27. The number of nitro groups is 1. The van der Waals surface area contributed by atoms with E-state index >= 15 is 0 Å². The van der Waals surface area contributed by atoms with Gasteiger partial charge in [0.1, 0.15) is 10.8 Å². The molecule has 0 saturated carbocycles. The van der Waals surface area contributed by atoms with Crippen molar-refractivity contribution in [2.75, 3.05) is 6.61 Å². The number of nitrogens with zero attached hydrogens (tertiary/aromatic N) is 1. The monoisotopic (exact) mass is 235 g/mol. The third-order valence-electron chi connectivity index (χ3n) is 1.50. The molecule has 0 spiro atoms. The lowest BCUT2D eigenvalue weighted by molar-refractivity contribution is -0.384. The van der Waals surface area contributed by atoms with Gasteiger partial charge in [0, 0.05) is 12.1 Å². The summed E-state index contributed by atoms with van der Waals surface area (Å²) in [5.41, 5.74) is -0.222. The van der Waals surface area contributed by atoms with Gasteiger partial charge in [-0.25, -0.2) is 0 Å². The Hall–Kier alpha value is -1.00. The summed E-state index contributed by atoms with van der Waals surface area (Å²) in [4.78, 5) is 9.87. The first kappa shape index (κ1) is 11.1. The highest BCUT2D eigenvalue weighted by Gasteiger charge is 2.16. The van der Waals surface area contributed by atoms with Crippen LogP contribution in [0.4, 0.5) is 5.69 Å². The summed E-state index contributed by atoms with van der Waals surface area (Å²) >= 11 is 11.4. The zero-order chi connectivity index (χ0) is 10.7. The quantitative estimate of drug-likeness (QED) is 0.597. The minimum absolute atomic E-state index is 0.0165. The molecule has 0 N–H and O–H groups in total. The minimum atomic E-state index is -0.593. The molecule has 1 aromatic rings. The van der Waals surface area contributed by atoms with Gasteiger partial charge in [-0.2, -0.15) is 0 Å². The van der Waals surface area contributed by atoms with Crippen LogP contribution in [0.2, 0.25) is 10.0 Å². The fourth-order valence-electron chi connectivity index (χ4n) is 0.924. The lowest BCUT2D eigenvalue weighted by atomic mass is 10.3. The van der Waals surface area contributed by atoms with Crippen molar-refractivity contribution in [1.82, 2.24) is 0 Å². The van der Waals surface area contributed by atoms with Gasteiger partial charge < -0.3 is 4.74 Å². The Labute approximate surface area is 90.5 Å². The maximum atomic E-state index is 10.5. The summed E-state index contributed by atoms with van der Waals surface area (Å²) in [5, 5.41) is 10.7. The Morgan fingerprint density at radius 2 is 2.07 bits per heavy atom.